The van der Waals surface area contributed by atoms with Crippen molar-refractivity contribution in [3.8, 4) is 0 Å². The van der Waals surface area contributed by atoms with Gasteiger partial charge < -0.3 is 0 Å². The van der Waals surface area contributed by atoms with Crippen LogP contribution in [0.25, 0.3) is 0 Å². The topological polar surface area (TPSA) is 46.5 Å². The third kappa shape index (κ3) is 3.67. The number of rotatable bonds is 3. The fourth-order valence-electron chi connectivity index (χ4n) is 1.97. The maximum atomic E-state index is 13.5. The van der Waals surface area contributed by atoms with Gasteiger partial charge in [-0.1, -0.05) is 12.8 Å². The number of halogens is 4. The van der Waals surface area contributed by atoms with E-state index in [2.05, 4.69) is 4.18 Å². The van der Waals surface area contributed by atoms with Crippen LogP contribution in [0.15, 0.2) is 0 Å². The first-order valence-corrected chi connectivity index (χ1v) is 5.79. The molecule has 0 aromatic heterocycles. The van der Waals surface area contributed by atoms with Crippen LogP contribution < -0.4 is 0 Å². The smallest absolute Gasteiger partial charge is 0.284 e. The molecule has 8 heteroatoms. The van der Waals surface area contributed by atoms with Gasteiger partial charge in [-0.15, -0.1) is 0 Å². The molecule has 0 spiro atoms. The zero-order chi connectivity index (χ0) is 12.4. The van der Waals surface area contributed by atoms with Gasteiger partial charge in [0.2, 0.25) is 0 Å². The fraction of sp³-hybridized carbons (Fsp3) is 1.00. The maximum absolute atomic E-state index is 13.5. The van der Waals surface area contributed by atoms with Crippen molar-refractivity contribution in [2.24, 2.45) is 0 Å². The summed E-state index contributed by atoms with van der Waals surface area (Å²) in [6, 6.07) is 0. The van der Waals surface area contributed by atoms with Crippen LogP contribution in [0.2, 0.25) is 0 Å². The molecule has 0 heterocycles. The summed E-state index contributed by atoms with van der Waals surface area (Å²) in [7, 11) is 0. The van der Waals surface area contributed by atoms with Gasteiger partial charge in [-0.25, -0.2) is 4.39 Å². The average molecular weight is 264 g/mol. The van der Waals surface area contributed by atoms with Crippen LogP contribution in [0.4, 0.5) is 17.6 Å². The number of hydrogen-bond donors (Lipinski definition) is 1. The van der Waals surface area contributed by atoms with Gasteiger partial charge in [-0.2, -0.15) is 17.4 Å². The van der Waals surface area contributed by atoms with Crippen LogP contribution in [0.5, 0.6) is 0 Å². The van der Waals surface area contributed by atoms with Gasteiger partial charge in [0.1, 0.15) is 11.8 Å². The normalized spacial score (nSPS) is 33.7. The Morgan fingerprint density at radius 3 is 2.50 bits per heavy atom. The molecule has 3 nitrogen and oxygen atoms in total. The van der Waals surface area contributed by atoms with E-state index in [0.29, 0.717) is 12.8 Å². The predicted molar refractivity (Wildman–Crippen MR) is 48.6 cm³/mol. The van der Waals surface area contributed by atoms with Crippen LogP contribution in [-0.4, -0.2) is 26.7 Å². The second-order valence-electron chi connectivity index (χ2n) is 3.87. The predicted octanol–water partition coefficient (Wildman–Crippen LogP) is 2.74. The van der Waals surface area contributed by atoms with Crippen molar-refractivity contribution in [3.05, 3.63) is 0 Å². The van der Waals surface area contributed by atoms with Gasteiger partial charge in [0, 0.05) is 0 Å². The van der Waals surface area contributed by atoms with Gasteiger partial charge in [0.15, 0.2) is 0 Å². The monoisotopic (exact) mass is 264 g/mol. The van der Waals surface area contributed by atoms with Gasteiger partial charge in [0.25, 0.3) is 0 Å². The van der Waals surface area contributed by atoms with E-state index in [4.69, 9.17) is 4.55 Å². The van der Waals surface area contributed by atoms with Gasteiger partial charge >= 0.3 is 17.5 Å². The highest BCUT2D eigenvalue weighted by atomic mass is 32.2. The summed E-state index contributed by atoms with van der Waals surface area (Å²) in [5, 5.41) is 0. The van der Waals surface area contributed by atoms with Crippen molar-refractivity contribution >= 4 is 11.4 Å². The van der Waals surface area contributed by atoms with Crippen molar-refractivity contribution in [1.29, 1.82) is 0 Å². The molecule has 3 atom stereocenters. The summed E-state index contributed by atoms with van der Waals surface area (Å²) >= 11 is -2.90. The Hall–Kier alpha value is -0.210. The molecule has 1 saturated carbocycles. The van der Waals surface area contributed by atoms with E-state index >= 15 is 0 Å². The first-order valence-electron chi connectivity index (χ1n) is 4.76. The summed E-state index contributed by atoms with van der Waals surface area (Å²) < 4.78 is 73.6. The molecular formula is C8H12F4O3S. The highest BCUT2D eigenvalue weighted by molar-refractivity contribution is 7.74. The highest BCUT2D eigenvalue weighted by Crippen LogP contribution is 2.42. The Labute approximate surface area is 92.7 Å². The SMILES string of the molecule is O=S(O)OC1(CC(F)(F)F)CCCCC1F. The molecule has 0 radical (unpaired) electrons. The van der Waals surface area contributed by atoms with Crippen molar-refractivity contribution < 1.29 is 30.5 Å². The molecule has 1 rings (SSSR count). The first-order chi connectivity index (χ1) is 7.25. The van der Waals surface area contributed by atoms with E-state index in [9.17, 15) is 21.8 Å². The van der Waals surface area contributed by atoms with Crippen molar-refractivity contribution in [2.75, 3.05) is 0 Å². The van der Waals surface area contributed by atoms with E-state index < -0.39 is 35.7 Å². The molecule has 3 unspecified atom stereocenters. The lowest BCUT2D eigenvalue weighted by molar-refractivity contribution is -0.188. The molecule has 1 aliphatic carbocycles. The molecule has 1 aliphatic rings. The lowest BCUT2D eigenvalue weighted by Crippen LogP contribution is -2.48. The van der Waals surface area contributed by atoms with Gasteiger partial charge in [0.05, 0.1) is 6.42 Å². The Bertz CT molecular complexity index is 270. The number of hydrogen-bond acceptors (Lipinski definition) is 2. The van der Waals surface area contributed by atoms with Crippen LogP contribution >= 0.6 is 0 Å². The second kappa shape index (κ2) is 4.97. The number of alkyl halides is 4. The average Bonchev–Trinajstić information content (AvgIpc) is 2.06. The zero-order valence-electron chi connectivity index (χ0n) is 8.30. The summed E-state index contributed by atoms with van der Waals surface area (Å²) in [5.74, 6) is 0. The van der Waals surface area contributed by atoms with Crippen molar-refractivity contribution in [1.82, 2.24) is 0 Å². The third-order valence-corrected chi connectivity index (χ3v) is 3.09. The van der Waals surface area contributed by atoms with E-state index in [1.807, 2.05) is 0 Å². The van der Waals surface area contributed by atoms with Gasteiger partial charge in [-0.3, -0.25) is 8.74 Å². The van der Waals surface area contributed by atoms with Crippen LogP contribution in [0, 0.1) is 0 Å². The van der Waals surface area contributed by atoms with Gasteiger partial charge in [-0.05, 0) is 12.8 Å². The third-order valence-electron chi connectivity index (χ3n) is 2.62. The molecule has 0 amide bonds. The van der Waals surface area contributed by atoms with E-state index in [1.165, 1.54) is 0 Å². The molecule has 1 N–H and O–H groups in total. The van der Waals surface area contributed by atoms with E-state index in [0.717, 1.165) is 0 Å². The molecule has 0 bridgehead atoms. The Morgan fingerprint density at radius 1 is 1.44 bits per heavy atom. The minimum Gasteiger partial charge on any atom is -0.284 e. The van der Waals surface area contributed by atoms with E-state index in [1.54, 1.807) is 0 Å². The summed E-state index contributed by atoms with van der Waals surface area (Å²) in [4.78, 5) is 0. The molecule has 1 fully saturated rings. The second-order valence-corrected chi connectivity index (χ2v) is 4.47. The van der Waals surface area contributed by atoms with Crippen LogP contribution in [-0.2, 0) is 15.5 Å². The van der Waals surface area contributed by atoms with Crippen molar-refractivity contribution in [2.45, 2.75) is 50.1 Å². The Balaban J connectivity index is 2.86. The molecule has 0 aromatic carbocycles. The fourth-order valence-corrected chi connectivity index (χ4v) is 2.50. The minimum atomic E-state index is -4.62. The zero-order valence-corrected chi connectivity index (χ0v) is 9.11. The summed E-state index contributed by atoms with van der Waals surface area (Å²) in [6.45, 7) is 0. The van der Waals surface area contributed by atoms with Crippen molar-refractivity contribution in [3.63, 3.8) is 0 Å². The highest BCUT2D eigenvalue weighted by Gasteiger charge is 2.51. The Morgan fingerprint density at radius 2 is 2.06 bits per heavy atom. The molecular weight excluding hydrogens is 252 g/mol. The molecule has 0 aromatic rings. The summed E-state index contributed by atoms with van der Waals surface area (Å²) in [5.41, 5.74) is -2.20. The molecule has 0 saturated heterocycles. The molecule has 96 valence electrons. The quantitative estimate of drug-likeness (QED) is 0.629. The summed E-state index contributed by atoms with van der Waals surface area (Å²) in [6.07, 6.45) is -7.48. The lowest BCUT2D eigenvalue weighted by Gasteiger charge is -2.38. The minimum absolute atomic E-state index is 0.0761. The standard InChI is InChI=1S/C8H12F4O3S/c9-6-3-1-2-4-7(6,15-16(13)14)5-8(10,11)12/h6H,1-5H2,(H,13,14). The molecule has 16 heavy (non-hydrogen) atoms. The first kappa shape index (κ1) is 13.9. The Kier molecular flexibility index (Phi) is 4.30. The largest absolute Gasteiger partial charge is 0.392 e. The maximum Gasteiger partial charge on any atom is 0.392 e. The molecule has 0 aliphatic heterocycles. The van der Waals surface area contributed by atoms with Crippen LogP contribution in [0.1, 0.15) is 32.1 Å². The lowest BCUT2D eigenvalue weighted by atomic mass is 9.81. The van der Waals surface area contributed by atoms with E-state index in [-0.39, 0.29) is 12.8 Å². The van der Waals surface area contributed by atoms with Crippen LogP contribution in [0.3, 0.4) is 0 Å².